The minimum absolute atomic E-state index is 0.148. The second-order valence-corrected chi connectivity index (χ2v) is 7.29. The summed E-state index contributed by atoms with van der Waals surface area (Å²) in [5.41, 5.74) is 1.63. The molecule has 1 N–H and O–H groups in total. The van der Waals surface area contributed by atoms with Crippen molar-refractivity contribution in [2.45, 2.75) is 31.6 Å². The number of amides is 1. The van der Waals surface area contributed by atoms with E-state index < -0.39 is 0 Å². The Morgan fingerprint density at radius 3 is 2.29 bits per heavy atom. The zero-order chi connectivity index (χ0) is 19.5. The van der Waals surface area contributed by atoms with Crippen LogP contribution in [0.2, 0.25) is 0 Å². The lowest BCUT2D eigenvalue weighted by Crippen LogP contribution is -2.40. The molecule has 0 saturated carbocycles. The number of aromatic nitrogens is 3. The van der Waals surface area contributed by atoms with Gasteiger partial charge < -0.3 is 4.90 Å². The molecule has 1 saturated heterocycles. The van der Waals surface area contributed by atoms with E-state index in [1.54, 1.807) is 4.57 Å². The highest BCUT2D eigenvalue weighted by molar-refractivity contribution is 5.83. The zero-order valence-corrected chi connectivity index (χ0v) is 15.9. The average Bonchev–Trinajstić information content (AvgIpc) is 3.15. The first-order chi connectivity index (χ1) is 13.6. The Labute approximate surface area is 163 Å². The maximum absolute atomic E-state index is 12.9. The van der Waals surface area contributed by atoms with E-state index in [9.17, 15) is 9.59 Å². The molecule has 4 rings (SSSR count). The second kappa shape index (κ2) is 7.84. The number of likely N-dealkylation sites (tertiary alicyclic amines) is 1. The van der Waals surface area contributed by atoms with Crippen molar-refractivity contribution in [3.05, 3.63) is 82.5 Å². The number of carbonyl (C=O) groups excluding carboxylic acids is 1. The van der Waals surface area contributed by atoms with E-state index in [0.717, 1.165) is 29.9 Å². The van der Waals surface area contributed by atoms with Gasteiger partial charge in [0.05, 0.1) is 11.6 Å². The third-order valence-corrected chi connectivity index (χ3v) is 5.55. The summed E-state index contributed by atoms with van der Waals surface area (Å²) in [7, 11) is 0. The minimum Gasteiger partial charge on any atom is -0.342 e. The highest BCUT2D eigenvalue weighted by Crippen LogP contribution is 2.29. The van der Waals surface area contributed by atoms with E-state index in [-0.39, 0.29) is 23.4 Å². The summed E-state index contributed by atoms with van der Waals surface area (Å²) in [6.07, 6.45) is 1.59. The van der Waals surface area contributed by atoms with Crippen LogP contribution < -0.4 is 5.69 Å². The molecule has 28 heavy (non-hydrogen) atoms. The molecule has 2 heterocycles. The van der Waals surface area contributed by atoms with E-state index >= 15 is 0 Å². The van der Waals surface area contributed by atoms with Gasteiger partial charge in [-0.2, -0.15) is 5.10 Å². The van der Waals surface area contributed by atoms with Gasteiger partial charge in [-0.05, 0) is 37.5 Å². The third-order valence-electron chi connectivity index (χ3n) is 5.55. The molecule has 1 aliphatic heterocycles. The minimum atomic E-state index is -0.225. The van der Waals surface area contributed by atoms with Crippen LogP contribution in [0, 0.1) is 0 Å². The van der Waals surface area contributed by atoms with Crippen molar-refractivity contribution in [2.24, 2.45) is 0 Å². The molecular weight excluding hydrogens is 352 g/mol. The predicted molar refractivity (Wildman–Crippen MR) is 108 cm³/mol. The Morgan fingerprint density at radius 2 is 1.64 bits per heavy atom. The van der Waals surface area contributed by atoms with Gasteiger partial charge in [-0.15, -0.1) is 0 Å². The number of aromatic amines is 1. The maximum Gasteiger partial charge on any atom is 0.347 e. The molecule has 144 valence electrons. The molecule has 1 aromatic heterocycles. The number of rotatable bonds is 4. The fourth-order valence-electron chi connectivity index (χ4n) is 3.93. The van der Waals surface area contributed by atoms with E-state index in [1.165, 1.54) is 0 Å². The normalized spacial score (nSPS) is 16.1. The van der Waals surface area contributed by atoms with Crippen LogP contribution in [0.4, 0.5) is 0 Å². The van der Waals surface area contributed by atoms with E-state index in [1.807, 2.05) is 72.5 Å². The number of carbonyl (C=O) groups is 1. The van der Waals surface area contributed by atoms with E-state index in [2.05, 4.69) is 10.2 Å². The largest absolute Gasteiger partial charge is 0.347 e. The first kappa shape index (κ1) is 18.2. The summed E-state index contributed by atoms with van der Waals surface area (Å²) in [5, 5.41) is 6.87. The Hall–Kier alpha value is -3.15. The molecule has 0 bridgehead atoms. The number of para-hydroxylation sites is 1. The molecule has 2 aromatic carbocycles. The van der Waals surface area contributed by atoms with Gasteiger partial charge in [-0.3, -0.25) is 4.79 Å². The quantitative estimate of drug-likeness (QED) is 0.761. The third kappa shape index (κ3) is 3.50. The smallest absolute Gasteiger partial charge is 0.342 e. The van der Waals surface area contributed by atoms with Gasteiger partial charge in [-0.1, -0.05) is 48.5 Å². The molecule has 0 radical (unpaired) electrons. The Balaban J connectivity index is 1.47. The lowest BCUT2D eigenvalue weighted by Gasteiger charge is -2.33. The fraction of sp³-hybridized carbons (Fsp3) is 0.318. The summed E-state index contributed by atoms with van der Waals surface area (Å²) in [6.45, 7) is 3.32. The van der Waals surface area contributed by atoms with Gasteiger partial charge in [0.1, 0.15) is 5.82 Å². The number of nitrogens with zero attached hydrogens (tertiary/aromatic N) is 3. The van der Waals surface area contributed by atoms with Crippen molar-refractivity contribution in [1.82, 2.24) is 19.7 Å². The second-order valence-electron chi connectivity index (χ2n) is 7.29. The zero-order valence-electron chi connectivity index (χ0n) is 15.9. The monoisotopic (exact) mass is 376 g/mol. The number of piperidine rings is 1. The SMILES string of the molecule is C[C@H](C(=O)N1CCC(c2n[nH]c(=O)n2-c2ccccc2)CC1)c1ccccc1. The molecule has 1 atom stereocenters. The van der Waals surface area contributed by atoms with Crippen LogP contribution in [0.25, 0.3) is 5.69 Å². The lowest BCUT2D eigenvalue weighted by atomic mass is 9.93. The summed E-state index contributed by atoms with van der Waals surface area (Å²) in [5.74, 6) is 0.910. The van der Waals surface area contributed by atoms with Crippen molar-refractivity contribution in [1.29, 1.82) is 0 Å². The maximum atomic E-state index is 12.9. The highest BCUT2D eigenvalue weighted by atomic mass is 16.2. The Morgan fingerprint density at radius 1 is 1.04 bits per heavy atom. The van der Waals surface area contributed by atoms with E-state index in [0.29, 0.717) is 13.1 Å². The van der Waals surface area contributed by atoms with Crippen molar-refractivity contribution in [3.63, 3.8) is 0 Å². The van der Waals surface area contributed by atoms with Crippen LogP contribution >= 0.6 is 0 Å². The van der Waals surface area contributed by atoms with Crippen LogP contribution in [-0.2, 0) is 4.79 Å². The molecule has 1 aliphatic rings. The first-order valence-corrected chi connectivity index (χ1v) is 9.71. The first-order valence-electron chi connectivity index (χ1n) is 9.71. The van der Waals surface area contributed by atoms with Gasteiger partial charge in [0.15, 0.2) is 0 Å². The van der Waals surface area contributed by atoms with Crippen LogP contribution in [0.5, 0.6) is 0 Å². The molecule has 3 aromatic rings. The molecule has 6 nitrogen and oxygen atoms in total. The van der Waals surface area contributed by atoms with Gasteiger partial charge in [-0.25, -0.2) is 14.5 Å². The summed E-state index contributed by atoms with van der Waals surface area (Å²) in [4.78, 5) is 27.1. The van der Waals surface area contributed by atoms with Gasteiger partial charge in [0.25, 0.3) is 0 Å². The fourth-order valence-corrected chi connectivity index (χ4v) is 3.93. The van der Waals surface area contributed by atoms with Gasteiger partial charge >= 0.3 is 5.69 Å². The number of H-pyrrole nitrogens is 1. The van der Waals surface area contributed by atoms with E-state index in [4.69, 9.17) is 0 Å². The summed E-state index contributed by atoms with van der Waals surface area (Å²) < 4.78 is 1.65. The molecule has 1 fully saturated rings. The molecule has 0 spiro atoms. The summed E-state index contributed by atoms with van der Waals surface area (Å²) in [6, 6.07) is 19.4. The molecular formula is C22H24N4O2. The number of nitrogens with one attached hydrogen (secondary N) is 1. The molecule has 1 amide bonds. The van der Waals surface area contributed by atoms with Crippen LogP contribution in [0.3, 0.4) is 0 Å². The van der Waals surface area contributed by atoms with Gasteiger partial charge in [0, 0.05) is 19.0 Å². The lowest BCUT2D eigenvalue weighted by molar-refractivity contribution is -0.133. The van der Waals surface area contributed by atoms with Gasteiger partial charge in [0.2, 0.25) is 5.91 Å². The molecule has 0 aliphatic carbocycles. The van der Waals surface area contributed by atoms with Crippen LogP contribution in [-0.4, -0.2) is 38.7 Å². The van der Waals surface area contributed by atoms with Crippen molar-refractivity contribution < 1.29 is 4.79 Å². The number of hydrogen-bond acceptors (Lipinski definition) is 3. The highest BCUT2D eigenvalue weighted by Gasteiger charge is 2.30. The Bertz CT molecular complexity index is 986. The standard InChI is InChI=1S/C22H24N4O2/c1-16(17-8-4-2-5-9-17)21(27)25-14-12-18(13-15-25)20-23-24-22(28)26(20)19-10-6-3-7-11-19/h2-11,16,18H,12-15H2,1H3,(H,24,28)/t16-/m0/s1. The van der Waals surface area contributed by atoms with Crippen molar-refractivity contribution in [3.8, 4) is 5.69 Å². The van der Waals surface area contributed by atoms with Crippen molar-refractivity contribution >= 4 is 5.91 Å². The van der Waals surface area contributed by atoms with Crippen molar-refractivity contribution in [2.75, 3.05) is 13.1 Å². The molecule has 0 unspecified atom stereocenters. The van der Waals surface area contributed by atoms with Crippen LogP contribution in [0.1, 0.15) is 43.0 Å². The topological polar surface area (TPSA) is 71.0 Å². The number of benzene rings is 2. The summed E-state index contributed by atoms with van der Waals surface area (Å²) >= 11 is 0. The van der Waals surface area contributed by atoms with Crippen LogP contribution in [0.15, 0.2) is 65.5 Å². The predicted octanol–water partition coefficient (Wildman–Crippen LogP) is 3.07. The average molecular weight is 376 g/mol. The number of hydrogen-bond donors (Lipinski definition) is 1. The molecule has 6 heteroatoms. The Kier molecular flexibility index (Phi) is 5.10.